The van der Waals surface area contributed by atoms with E-state index in [9.17, 15) is 0 Å². The first kappa shape index (κ1) is 17.2. The Labute approximate surface area is 156 Å². The lowest BCUT2D eigenvalue weighted by molar-refractivity contribution is 0.315. The molecule has 2 aromatic heterocycles. The molecule has 0 aliphatic rings. The fraction of sp³-hybridized carbons (Fsp3) is 0.250. The number of ether oxygens (including phenoxy) is 1. The summed E-state index contributed by atoms with van der Waals surface area (Å²) >= 11 is 0. The molecule has 7 nitrogen and oxygen atoms in total. The first-order valence-corrected chi connectivity index (χ1v) is 8.80. The molecule has 4 rings (SSSR count). The number of fused-ring (bicyclic) bond motifs is 1. The van der Waals surface area contributed by atoms with Crippen molar-refractivity contribution in [3.63, 3.8) is 0 Å². The number of hydrogen-bond acceptors (Lipinski definition) is 6. The van der Waals surface area contributed by atoms with E-state index >= 15 is 0 Å². The van der Waals surface area contributed by atoms with Crippen molar-refractivity contribution in [3.05, 3.63) is 65.5 Å². The second-order valence-electron chi connectivity index (χ2n) is 6.45. The summed E-state index contributed by atoms with van der Waals surface area (Å²) in [6.45, 7) is 4.87. The fourth-order valence-electron chi connectivity index (χ4n) is 3.21. The minimum atomic E-state index is 0.132. The van der Waals surface area contributed by atoms with Crippen LogP contribution in [0.2, 0.25) is 0 Å². The summed E-state index contributed by atoms with van der Waals surface area (Å²) in [5.41, 5.74) is 5.87. The van der Waals surface area contributed by atoms with Crippen LogP contribution in [0, 0.1) is 6.92 Å². The quantitative estimate of drug-likeness (QED) is 0.564. The largest absolute Gasteiger partial charge is 0.497 e. The monoisotopic (exact) mass is 363 g/mol. The Kier molecular flexibility index (Phi) is 4.60. The zero-order valence-corrected chi connectivity index (χ0v) is 15.5. The number of benzene rings is 2. The van der Waals surface area contributed by atoms with Gasteiger partial charge in [-0.25, -0.2) is 9.31 Å². The molecule has 27 heavy (non-hydrogen) atoms. The highest BCUT2D eigenvalue weighted by Crippen LogP contribution is 2.22. The van der Waals surface area contributed by atoms with Crippen LogP contribution in [0.5, 0.6) is 5.75 Å². The molecule has 1 unspecified atom stereocenters. The van der Waals surface area contributed by atoms with Gasteiger partial charge in [-0.15, -0.1) is 0 Å². The lowest BCUT2D eigenvalue weighted by atomic mass is 10.1. The Morgan fingerprint density at radius 2 is 1.96 bits per heavy atom. The molecule has 0 bridgehead atoms. The van der Waals surface area contributed by atoms with E-state index in [2.05, 4.69) is 34.6 Å². The number of hydrogen-bond donors (Lipinski definition) is 1. The molecule has 0 saturated carbocycles. The summed E-state index contributed by atoms with van der Waals surface area (Å²) < 4.78 is 12.0. The van der Waals surface area contributed by atoms with Crippen LogP contribution in [0.15, 0.2) is 53.3 Å². The van der Waals surface area contributed by atoms with Crippen LogP contribution >= 0.6 is 0 Å². The highest BCUT2D eigenvalue weighted by molar-refractivity contribution is 5.76. The summed E-state index contributed by atoms with van der Waals surface area (Å²) in [4.78, 5) is 0. The third-order valence-electron chi connectivity index (χ3n) is 4.80. The van der Waals surface area contributed by atoms with Crippen LogP contribution in [0.25, 0.3) is 16.7 Å². The van der Waals surface area contributed by atoms with Crippen molar-refractivity contribution in [3.8, 4) is 11.4 Å². The molecule has 2 aromatic carbocycles. The summed E-state index contributed by atoms with van der Waals surface area (Å²) in [6, 6.07) is 13.9. The van der Waals surface area contributed by atoms with Gasteiger partial charge in [-0.05, 0) is 60.1 Å². The lowest BCUT2D eigenvalue weighted by Gasteiger charge is -2.14. The van der Waals surface area contributed by atoms with Crippen LogP contribution in [-0.4, -0.2) is 27.2 Å². The van der Waals surface area contributed by atoms with Gasteiger partial charge in [-0.2, -0.15) is 5.10 Å². The van der Waals surface area contributed by atoms with E-state index < -0.39 is 0 Å². The van der Waals surface area contributed by atoms with Gasteiger partial charge in [0.15, 0.2) is 0 Å². The van der Waals surface area contributed by atoms with E-state index in [1.54, 1.807) is 7.11 Å². The molecule has 138 valence electrons. The summed E-state index contributed by atoms with van der Waals surface area (Å²) in [5.74, 6) is 0.829. The van der Waals surface area contributed by atoms with Crippen LogP contribution < -0.4 is 10.1 Å². The summed E-state index contributed by atoms with van der Waals surface area (Å²) in [5, 5.41) is 16.0. The zero-order valence-electron chi connectivity index (χ0n) is 15.5. The molecule has 2 heterocycles. The fourth-order valence-corrected chi connectivity index (χ4v) is 3.21. The van der Waals surface area contributed by atoms with Crippen molar-refractivity contribution in [2.24, 2.45) is 0 Å². The molecule has 1 atom stereocenters. The van der Waals surface area contributed by atoms with Gasteiger partial charge in [0.2, 0.25) is 0 Å². The van der Waals surface area contributed by atoms with Gasteiger partial charge in [-0.1, -0.05) is 12.1 Å². The van der Waals surface area contributed by atoms with Crippen LogP contribution in [-0.2, 0) is 6.54 Å². The molecular formula is C20H21N5O2. The first-order valence-electron chi connectivity index (χ1n) is 8.80. The Bertz CT molecular complexity index is 1050. The minimum Gasteiger partial charge on any atom is -0.497 e. The first-order chi connectivity index (χ1) is 13.2. The molecular weight excluding hydrogens is 342 g/mol. The number of rotatable bonds is 6. The number of aromatic nitrogens is 4. The van der Waals surface area contributed by atoms with E-state index in [1.165, 1.54) is 0 Å². The Morgan fingerprint density at radius 1 is 1.15 bits per heavy atom. The molecule has 0 amide bonds. The second-order valence-corrected chi connectivity index (χ2v) is 6.45. The van der Waals surface area contributed by atoms with Gasteiger partial charge in [0.1, 0.15) is 16.8 Å². The summed E-state index contributed by atoms with van der Waals surface area (Å²) in [6.07, 6.45) is 1.91. The maximum absolute atomic E-state index is 5.22. The number of nitrogens with zero attached hydrogens (tertiary/aromatic N) is 4. The van der Waals surface area contributed by atoms with E-state index in [-0.39, 0.29) is 6.04 Å². The average Bonchev–Trinajstić information content (AvgIpc) is 3.33. The third-order valence-corrected chi connectivity index (χ3v) is 4.80. The normalized spacial score (nSPS) is 12.4. The summed E-state index contributed by atoms with van der Waals surface area (Å²) in [7, 11) is 1.66. The third kappa shape index (κ3) is 3.29. The molecule has 0 saturated heterocycles. The van der Waals surface area contributed by atoms with Gasteiger partial charge in [0, 0.05) is 23.8 Å². The van der Waals surface area contributed by atoms with Crippen molar-refractivity contribution in [1.29, 1.82) is 0 Å². The second kappa shape index (κ2) is 7.20. The smallest absolute Gasteiger partial charge is 0.139 e. The predicted molar refractivity (Wildman–Crippen MR) is 102 cm³/mol. The number of nitrogens with one attached hydrogen (secondary N) is 1. The Balaban J connectivity index is 1.51. The standard InChI is InChI=1S/C20H21N5O2/c1-13(21-11-15-5-4-6-19-20(15)24-27-23-19)18-12-22-25(14(18)2)16-7-9-17(26-3)10-8-16/h4-10,12-13,21H,11H2,1-3H3. The van der Waals surface area contributed by atoms with E-state index in [1.807, 2.05) is 53.3 Å². The topological polar surface area (TPSA) is 78.0 Å². The minimum absolute atomic E-state index is 0.132. The van der Waals surface area contributed by atoms with Gasteiger partial charge < -0.3 is 10.1 Å². The zero-order chi connectivity index (χ0) is 18.8. The molecule has 7 heteroatoms. The van der Waals surface area contributed by atoms with Gasteiger partial charge in [0.25, 0.3) is 0 Å². The van der Waals surface area contributed by atoms with Crippen molar-refractivity contribution in [2.75, 3.05) is 7.11 Å². The average molecular weight is 363 g/mol. The van der Waals surface area contributed by atoms with Gasteiger partial charge in [-0.3, -0.25) is 0 Å². The maximum atomic E-state index is 5.22. The van der Waals surface area contributed by atoms with Crippen molar-refractivity contribution >= 4 is 11.0 Å². The van der Waals surface area contributed by atoms with E-state index in [0.29, 0.717) is 6.54 Å². The van der Waals surface area contributed by atoms with E-state index in [0.717, 1.165) is 39.3 Å². The highest BCUT2D eigenvalue weighted by atomic mass is 16.6. The Hall–Kier alpha value is -3.19. The van der Waals surface area contributed by atoms with E-state index in [4.69, 9.17) is 9.37 Å². The molecule has 0 aliphatic carbocycles. The molecule has 0 fully saturated rings. The van der Waals surface area contributed by atoms with Crippen LogP contribution in [0.1, 0.15) is 29.8 Å². The van der Waals surface area contributed by atoms with Gasteiger partial charge >= 0.3 is 0 Å². The SMILES string of the molecule is COc1ccc(-n2ncc(C(C)NCc3cccc4nonc34)c2C)cc1. The van der Waals surface area contributed by atoms with Crippen molar-refractivity contribution in [1.82, 2.24) is 25.4 Å². The van der Waals surface area contributed by atoms with Crippen molar-refractivity contribution in [2.45, 2.75) is 26.4 Å². The molecule has 0 spiro atoms. The lowest BCUT2D eigenvalue weighted by Crippen LogP contribution is -2.19. The molecule has 1 N–H and O–H groups in total. The molecule has 4 aromatic rings. The molecule has 0 radical (unpaired) electrons. The highest BCUT2D eigenvalue weighted by Gasteiger charge is 2.15. The number of methoxy groups -OCH3 is 1. The van der Waals surface area contributed by atoms with Crippen LogP contribution in [0.3, 0.4) is 0 Å². The van der Waals surface area contributed by atoms with Crippen molar-refractivity contribution < 1.29 is 9.37 Å². The predicted octanol–water partition coefficient (Wildman–Crippen LogP) is 3.58. The van der Waals surface area contributed by atoms with Gasteiger partial charge in [0.05, 0.1) is 19.0 Å². The maximum Gasteiger partial charge on any atom is 0.139 e. The van der Waals surface area contributed by atoms with Crippen LogP contribution in [0.4, 0.5) is 0 Å². The molecule has 0 aliphatic heterocycles. The Morgan fingerprint density at radius 3 is 2.74 bits per heavy atom.